The highest BCUT2D eigenvalue weighted by molar-refractivity contribution is 6.32. The number of fused-ring (bicyclic) bond motifs is 22. The number of benzene rings is 18. The van der Waals surface area contributed by atoms with Crippen molar-refractivity contribution < 1.29 is 0 Å². The Morgan fingerprint density at radius 1 is 0.200 bits per heavy atom. The van der Waals surface area contributed by atoms with E-state index in [1.807, 2.05) is 6.07 Å². The number of halogens is 1. The molecule has 5 heteroatoms. The summed E-state index contributed by atoms with van der Waals surface area (Å²) in [5.74, 6) is 0. The lowest BCUT2D eigenvalue weighted by Gasteiger charge is -2.11. The Kier molecular flexibility index (Phi) is 13.1. The van der Waals surface area contributed by atoms with E-state index in [0.717, 1.165) is 5.02 Å². The molecule has 0 unspecified atom stereocenters. The lowest BCUT2D eigenvalue weighted by Crippen LogP contribution is -1.94. The summed E-state index contributed by atoms with van der Waals surface area (Å²) < 4.78 is 7.29. The van der Waals surface area contributed by atoms with Crippen molar-refractivity contribution in [2.45, 2.75) is 0 Å². The maximum atomic E-state index is 6.10. The van der Waals surface area contributed by atoms with Gasteiger partial charge in [-0.05, 0) is 208 Å². The molecule has 0 amide bonds. The summed E-state index contributed by atoms with van der Waals surface area (Å²) in [6, 6.07) is 132. The minimum Gasteiger partial charge on any atom is -0.355 e. The summed E-state index contributed by atoms with van der Waals surface area (Å²) >= 11 is 6.10. The highest BCUT2D eigenvalue weighted by Gasteiger charge is 2.25. The number of nitrogens with one attached hydrogen (secondary N) is 1. The van der Waals surface area contributed by atoms with Gasteiger partial charge in [-0.15, -0.1) is 0 Å². The van der Waals surface area contributed by atoms with Crippen molar-refractivity contribution in [2.24, 2.45) is 0 Å². The van der Waals surface area contributed by atoms with Gasteiger partial charge < -0.3 is 18.7 Å². The van der Waals surface area contributed by atoms with Crippen molar-refractivity contribution >= 4 is 142 Å². The van der Waals surface area contributed by atoms with Crippen LogP contribution in [0.3, 0.4) is 0 Å². The average Bonchev–Trinajstić information content (AvgIpc) is 1.61. The third-order valence-corrected chi connectivity index (χ3v) is 22.6. The third-order valence-electron chi connectivity index (χ3n) is 22.4. The third kappa shape index (κ3) is 9.14. The maximum absolute atomic E-state index is 6.10. The van der Waals surface area contributed by atoms with Gasteiger partial charge in [-0.2, -0.15) is 0 Å². The Labute approximate surface area is 609 Å². The van der Waals surface area contributed by atoms with Crippen LogP contribution in [0.5, 0.6) is 0 Å². The van der Waals surface area contributed by atoms with Crippen LogP contribution in [0.4, 0.5) is 0 Å². The zero-order chi connectivity index (χ0) is 69.0. The lowest BCUT2D eigenvalue weighted by molar-refractivity contribution is 1.18. The predicted molar refractivity (Wildman–Crippen MR) is 446 cm³/mol. The van der Waals surface area contributed by atoms with Gasteiger partial charge in [0.15, 0.2) is 0 Å². The van der Waals surface area contributed by atoms with E-state index in [2.05, 4.69) is 377 Å². The van der Waals surface area contributed by atoms with Crippen LogP contribution in [0.2, 0.25) is 5.02 Å². The molecule has 105 heavy (non-hydrogen) atoms. The maximum Gasteiger partial charge on any atom is 0.0619 e. The van der Waals surface area contributed by atoms with E-state index in [1.165, 1.54) is 214 Å². The first-order valence-corrected chi connectivity index (χ1v) is 36.4. The van der Waals surface area contributed by atoms with Crippen LogP contribution in [0.15, 0.2) is 364 Å². The summed E-state index contributed by atoms with van der Waals surface area (Å²) in [5, 5.41) is 21.3. The smallest absolute Gasteiger partial charge is 0.0619 e. The summed E-state index contributed by atoms with van der Waals surface area (Å²) in [6.07, 6.45) is 0. The first-order chi connectivity index (χ1) is 52.0. The highest BCUT2D eigenvalue weighted by Crippen LogP contribution is 2.51. The Hall–Kier alpha value is -13.5. The number of hydrogen-bond donors (Lipinski definition) is 1. The van der Waals surface area contributed by atoms with Crippen LogP contribution in [0.1, 0.15) is 0 Å². The minimum absolute atomic E-state index is 0.800. The summed E-state index contributed by atoms with van der Waals surface area (Å²) in [7, 11) is 0. The predicted octanol–water partition coefficient (Wildman–Crippen LogP) is 27.9. The molecule has 0 bridgehead atoms. The van der Waals surface area contributed by atoms with Crippen LogP contribution in [0, 0.1) is 0 Å². The molecule has 0 saturated heterocycles. The van der Waals surface area contributed by atoms with Gasteiger partial charge in [0, 0.05) is 87.0 Å². The number of rotatable bonds is 5. The average molecular weight is 1350 g/mol. The minimum atomic E-state index is 0.800. The molecule has 4 heterocycles. The molecule has 0 saturated carbocycles. The fraction of sp³-hybridized carbons (Fsp3) is 0. The molecule has 0 spiro atoms. The van der Waals surface area contributed by atoms with Crippen molar-refractivity contribution in [3.05, 3.63) is 369 Å². The largest absolute Gasteiger partial charge is 0.355 e. The van der Waals surface area contributed by atoms with E-state index in [4.69, 9.17) is 11.6 Å². The zero-order valence-corrected chi connectivity index (χ0v) is 57.6. The number of H-pyrrole nitrogens is 1. The van der Waals surface area contributed by atoms with Gasteiger partial charge >= 0.3 is 0 Å². The lowest BCUT2D eigenvalue weighted by atomic mass is 10.00. The highest BCUT2D eigenvalue weighted by atomic mass is 35.5. The molecule has 488 valence electrons. The second-order valence-electron chi connectivity index (χ2n) is 28.0. The van der Waals surface area contributed by atoms with E-state index in [0.29, 0.717) is 0 Å². The van der Waals surface area contributed by atoms with E-state index < -0.39 is 0 Å². The molecular formula is C100H61ClN4. The number of nitrogens with zero attached hydrogens (tertiary/aromatic N) is 3. The van der Waals surface area contributed by atoms with Gasteiger partial charge in [0.1, 0.15) is 0 Å². The Morgan fingerprint density at radius 2 is 0.600 bits per heavy atom. The van der Waals surface area contributed by atoms with Gasteiger partial charge in [0.2, 0.25) is 0 Å². The normalized spacial score (nSPS) is 12.0. The molecule has 1 N–H and O–H groups in total. The van der Waals surface area contributed by atoms with Crippen LogP contribution in [-0.4, -0.2) is 18.7 Å². The number of aromatic amines is 1. The van der Waals surface area contributed by atoms with Crippen LogP contribution >= 0.6 is 11.6 Å². The SMILES string of the molecule is Clc1ccc2c(c1)-c1cccc3cccc-2c13.c1ccc(-n2c3ccc(-c4ccc5[nH]c6ccccc6c5c4)cc3c3ccc4ccccc4c32)cc1.c1ccc(-n2c3ccc(-c4ccc5c(c4)c4ccccc4n5-c4ccc5c(c4)-c4cccc6cccc-5c46)cc3c3ccc4ccccc4c32)cc1. The molecule has 18 aromatic carbocycles. The number of aromatic nitrogens is 4. The molecule has 4 aromatic heterocycles. The van der Waals surface area contributed by atoms with Crippen molar-refractivity contribution in [3.63, 3.8) is 0 Å². The second-order valence-corrected chi connectivity index (χ2v) is 28.5. The molecular weight excluding hydrogens is 1290 g/mol. The van der Waals surface area contributed by atoms with E-state index >= 15 is 0 Å². The van der Waals surface area contributed by atoms with E-state index in [-0.39, 0.29) is 0 Å². The molecule has 0 fully saturated rings. The second kappa shape index (κ2) is 23.3. The summed E-state index contributed by atoms with van der Waals surface area (Å²) in [6.45, 7) is 0. The summed E-state index contributed by atoms with van der Waals surface area (Å²) in [5.41, 5.74) is 28.6. The van der Waals surface area contributed by atoms with Gasteiger partial charge in [-0.25, -0.2) is 0 Å². The first kappa shape index (κ1) is 59.2. The van der Waals surface area contributed by atoms with Gasteiger partial charge in [-0.3, -0.25) is 0 Å². The van der Waals surface area contributed by atoms with Crippen LogP contribution in [0.25, 0.3) is 214 Å². The molecule has 24 rings (SSSR count). The molecule has 0 radical (unpaired) electrons. The number of para-hydroxylation sites is 4. The Bertz CT molecular complexity index is 7400. The van der Waals surface area contributed by atoms with E-state index in [9.17, 15) is 0 Å². The Balaban J connectivity index is 0.000000112. The van der Waals surface area contributed by atoms with Gasteiger partial charge in [0.05, 0.1) is 33.1 Å². The standard InChI is InChI=1S/C50H30N2.C34H22N2.C16H9Cl/c1-2-13-35(14-3-1)52-48-27-22-34(29-45(48)42-24-20-31-10-4-5-15-37(31)50(42)52)33-21-26-47-44(28-33)39-16-6-7-19-46(39)51(47)36-23-25-38-40-17-8-11-32-12-9-18-41(49(32)40)43(38)30-36;1-2-9-25(10-3-1)36-33-19-16-24(21-30(33)28-17-14-22-8-4-5-11-26(22)34(28)36)23-15-18-32-29(20-23)27-12-6-7-13-31(27)35-32;17-11-7-8-12-13-5-1-3-10-4-2-6-14(16(10)13)15(12)9-11/h1-30H;1-21,35H;1-9H. The topological polar surface area (TPSA) is 30.6 Å². The molecule has 0 atom stereocenters. The molecule has 2 aliphatic carbocycles. The van der Waals surface area contributed by atoms with E-state index in [1.54, 1.807) is 0 Å². The van der Waals surface area contributed by atoms with Crippen LogP contribution in [-0.2, 0) is 0 Å². The summed E-state index contributed by atoms with van der Waals surface area (Å²) in [4.78, 5) is 3.55. The van der Waals surface area contributed by atoms with Crippen molar-refractivity contribution in [2.75, 3.05) is 0 Å². The van der Waals surface area contributed by atoms with Crippen molar-refractivity contribution in [1.82, 2.24) is 18.7 Å². The fourth-order valence-electron chi connectivity index (χ4n) is 17.8. The monoisotopic (exact) mass is 1350 g/mol. The molecule has 0 aliphatic heterocycles. The Morgan fingerprint density at radius 3 is 1.15 bits per heavy atom. The van der Waals surface area contributed by atoms with Crippen LogP contribution < -0.4 is 0 Å². The zero-order valence-electron chi connectivity index (χ0n) is 56.9. The van der Waals surface area contributed by atoms with Crippen molar-refractivity contribution in [3.8, 4) is 83.8 Å². The number of hydrogen-bond acceptors (Lipinski definition) is 0. The molecule has 4 nitrogen and oxygen atoms in total. The molecule has 22 aromatic rings. The first-order valence-electron chi connectivity index (χ1n) is 36.1. The van der Waals surface area contributed by atoms with Gasteiger partial charge in [0.25, 0.3) is 0 Å². The quantitative estimate of drug-likeness (QED) is 0.178. The fourth-order valence-corrected chi connectivity index (χ4v) is 17.9. The molecule has 2 aliphatic rings. The van der Waals surface area contributed by atoms with Crippen molar-refractivity contribution in [1.29, 1.82) is 0 Å². The van der Waals surface area contributed by atoms with Gasteiger partial charge in [-0.1, -0.05) is 266 Å².